The Hall–Kier alpha value is -0.0800. The molecule has 1 atom stereocenters. The van der Waals surface area contributed by atoms with Gasteiger partial charge >= 0.3 is 0 Å². The normalized spacial score (nSPS) is 26.8. The molecule has 0 aromatic carbocycles. The fourth-order valence-corrected chi connectivity index (χ4v) is 2.01. The van der Waals surface area contributed by atoms with Crippen LogP contribution in [0.5, 0.6) is 0 Å². The first-order valence-electron chi connectivity index (χ1n) is 5.07. The second-order valence-corrected chi connectivity index (χ2v) is 4.76. The summed E-state index contributed by atoms with van der Waals surface area (Å²) in [6, 6.07) is 0. The Morgan fingerprint density at radius 2 is 2.17 bits per heavy atom. The zero-order valence-electron chi connectivity index (χ0n) is 8.40. The van der Waals surface area contributed by atoms with Crippen LogP contribution in [-0.2, 0) is 0 Å². The summed E-state index contributed by atoms with van der Waals surface area (Å²) in [5, 5.41) is 3.46. The Bertz CT molecular complexity index is 118. The highest BCUT2D eigenvalue weighted by Gasteiger charge is 2.19. The minimum atomic E-state index is 0.0106. The van der Waals surface area contributed by atoms with E-state index in [4.69, 9.17) is 5.73 Å². The van der Waals surface area contributed by atoms with Crippen LogP contribution in [0.25, 0.3) is 0 Å². The molecule has 0 aliphatic carbocycles. The summed E-state index contributed by atoms with van der Waals surface area (Å²) in [5.41, 5.74) is 6.00. The van der Waals surface area contributed by atoms with Gasteiger partial charge in [0.05, 0.1) is 0 Å². The van der Waals surface area contributed by atoms with Crippen molar-refractivity contribution in [3.8, 4) is 0 Å². The molecule has 1 fully saturated rings. The van der Waals surface area contributed by atoms with Crippen LogP contribution in [0.15, 0.2) is 0 Å². The number of nitrogens with two attached hydrogens (primary N) is 1. The summed E-state index contributed by atoms with van der Waals surface area (Å²) in [4.78, 5) is 0. The molecular formula is C10H22N2. The molecule has 3 N–H and O–H groups in total. The van der Waals surface area contributed by atoms with Crippen LogP contribution in [0.1, 0.15) is 39.5 Å². The molecule has 0 amide bonds. The van der Waals surface area contributed by atoms with E-state index in [-0.39, 0.29) is 5.54 Å². The van der Waals surface area contributed by atoms with Gasteiger partial charge in [0, 0.05) is 5.54 Å². The van der Waals surface area contributed by atoms with E-state index in [1.165, 1.54) is 32.4 Å². The first-order chi connectivity index (χ1) is 5.58. The van der Waals surface area contributed by atoms with E-state index in [0.717, 1.165) is 12.3 Å². The third-order valence-corrected chi connectivity index (χ3v) is 2.46. The van der Waals surface area contributed by atoms with Crippen LogP contribution in [0, 0.1) is 5.92 Å². The molecule has 2 nitrogen and oxygen atoms in total. The van der Waals surface area contributed by atoms with E-state index < -0.39 is 0 Å². The summed E-state index contributed by atoms with van der Waals surface area (Å²) >= 11 is 0. The molecule has 1 aliphatic heterocycles. The second kappa shape index (κ2) is 4.24. The maximum atomic E-state index is 5.99. The average molecular weight is 170 g/mol. The van der Waals surface area contributed by atoms with Gasteiger partial charge in [0.1, 0.15) is 0 Å². The fourth-order valence-electron chi connectivity index (χ4n) is 2.01. The van der Waals surface area contributed by atoms with Gasteiger partial charge < -0.3 is 11.1 Å². The molecule has 0 aromatic rings. The van der Waals surface area contributed by atoms with E-state index in [2.05, 4.69) is 19.2 Å². The molecule has 0 radical (unpaired) electrons. The maximum absolute atomic E-state index is 5.99. The first kappa shape index (κ1) is 10.0. The number of hydrogen-bond donors (Lipinski definition) is 2. The zero-order valence-corrected chi connectivity index (χ0v) is 8.40. The molecule has 1 rings (SSSR count). The van der Waals surface area contributed by atoms with Gasteiger partial charge in [-0.15, -0.1) is 0 Å². The predicted octanol–water partition coefficient (Wildman–Crippen LogP) is 1.50. The molecule has 72 valence electrons. The van der Waals surface area contributed by atoms with Crippen molar-refractivity contribution in [2.45, 2.75) is 45.1 Å². The summed E-state index contributed by atoms with van der Waals surface area (Å²) in [5.74, 6) is 0.799. The molecule has 2 heteroatoms. The van der Waals surface area contributed by atoms with Crippen molar-refractivity contribution in [2.24, 2.45) is 11.7 Å². The van der Waals surface area contributed by atoms with E-state index >= 15 is 0 Å². The topological polar surface area (TPSA) is 38.0 Å². The second-order valence-electron chi connectivity index (χ2n) is 4.76. The summed E-state index contributed by atoms with van der Waals surface area (Å²) in [6.07, 6.45) is 5.21. The number of hydrogen-bond acceptors (Lipinski definition) is 2. The Morgan fingerprint density at radius 1 is 1.42 bits per heavy atom. The van der Waals surface area contributed by atoms with Crippen molar-refractivity contribution in [2.75, 3.05) is 13.1 Å². The monoisotopic (exact) mass is 170 g/mol. The van der Waals surface area contributed by atoms with Crippen molar-refractivity contribution in [3.05, 3.63) is 0 Å². The summed E-state index contributed by atoms with van der Waals surface area (Å²) < 4.78 is 0. The smallest absolute Gasteiger partial charge is 0.0100 e. The quantitative estimate of drug-likeness (QED) is 0.659. The van der Waals surface area contributed by atoms with Crippen LogP contribution in [-0.4, -0.2) is 18.6 Å². The van der Waals surface area contributed by atoms with Crippen LogP contribution in [0.2, 0.25) is 0 Å². The minimum absolute atomic E-state index is 0.0106. The van der Waals surface area contributed by atoms with Gasteiger partial charge in [-0.3, -0.25) is 0 Å². The Kier molecular flexibility index (Phi) is 3.53. The van der Waals surface area contributed by atoms with Crippen molar-refractivity contribution >= 4 is 0 Å². The molecule has 0 aromatic heterocycles. The minimum Gasteiger partial charge on any atom is -0.326 e. The van der Waals surface area contributed by atoms with Crippen LogP contribution < -0.4 is 11.1 Å². The number of rotatable bonds is 2. The van der Waals surface area contributed by atoms with Crippen LogP contribution >= 0.6 is 0 Å². The maximum Gasteiger partial charge on any atom is 0.0100 e. The van der Waals surface area contributed by atoms with E-state index in [9.17, 15) is 0 Å². The SMILES string of the molecule is CC(C)(N)CC1CCCCNC1. The Labute approximate surface area is 75.9 Å². The van der Waals surface area contributed by atoms with E-state index in [1.54, 1.807) is 0 Å². The lowest BCUT2D eigenvalue weighted by Gasteiger charge is -2.24. The third-order valence-electron chi connectivity index (χ3n) is 2.46. The molecule has 1 heterocycles. The highest BCUT2D eigenvalue weighted by molar-refractivity contribution is 4.79. The average Bonchev–Trinajstić information content (AvgIpc) is 2.12. The molecule has 12 heavy (non-hydrogen) atoms. The molecule has 1 aliphatic rings. The number of nitrogens with one attached hydrogen (secondary N) is 1. The summed E-state index contributed by atoms with van der Waals surface area (Å²) in [6.45, 7) is 6.61. The lowest BCUT2D eigenvalue weighted by Crippen LogP contribution is -2.36. The standard InChI is InChI=1S/C10H22N2/c1-10(2,11)7-9-5-3-4-6-12-8-9/h9,12H,3-8,11H2,1-2H3. The van der Waals surface area contributed by atoms with Gasteiger partial charge in [-0.1, -0.05) is 6.42 Å². The molecule has 0 spiro atoms. The van der Waals surface area contributed by atoms with Crippen molar-refractivity contribution in [3.63, 3.8) is 0 Å². The van der Waals surface area contributed by atoms with Gasteiger partial charge in [-0.2, -0.15) is 0 Å². The van der Waals surface area contributed by atoms with E-state index in [0.29, 0.717) is 0 Å². The van der Waals surface area contributed by atoms with Crippen LogP contribution in [0.3, 0.4) is 0 Å². The van der Waals surface area contributed by atoms with Gasteiger partial charge in [0.2, 0.25) is 0 Å². The summed E-state index contributed by atoms with van der Waals surface area (Å²) in [7, 11) is 0. The van der Waals surface area contributed by atoms with Gasteiger partial charge in [-0.25, -0.2) is 0 Å². The lowest BCUT2D eigenvalue weighted by atomic mass is 9.89. The van der Waals surface area contributed by atoms with Gasteiger partial charge in [0.25, 0.3) is 0 Å². The zero-order chi connectivity index (χ0) is 9.03. The largest absolute Gasteiger partial charge is 0.326 e. The highest BCUT2D eigenvalue weighted by atomic mass is 14.9. The predicted molar refractivity (Wildman–Crippen MR) is 53.1 cm³/mol. The Morgan fingerprint density at radius 3 is 2.83 bits per heavy atom. The van der Waals surface area contributed by atoms with Crippen molar-refractivity contribution in [1.82, 2.24) is 5.32 Å². The molecule has 0 saturated carbocycles. The van der Waals surface area contributed by atoms with Crippen molar-refractivity contribution in [1.29, 1.82) is 0 Å². The highest BCUT2D eigenvalue weighted by Crippen LogP contribution is 2.20. The van der Waals surface area contributed by atoms with Gasteiger partial charge in [-0.05, 0) is 52.1 Å². The van der Waals surface area contributed by atoms with E-state index in [1.807, 2.05) is 0 Å². The molecule has 0 bridgehead atoms. The molecule has 1 unspecified atom stereocenters. The lowest BCUT2D eigenvalue weighted by molar-refractivity contribution is 0.343. The fraction of sp³-hybridized carbons (Fsp3) is 1.00. The van der Waals surface area contributed by atoms with Crippen molar-refractivity contribution < 1.29 is 0 Å². The first-order valence-corrected chi connectivity index (χ1v) is 5.07. The Balaban J connectivity index is 2.30. The molecule has 1 saturated heterocycles. The van der Waals surface area contributed by atoms with Crippen LogP contribution in [0.4, 0.5) is 0 Å². The molecular weight excluding hydrogens is 148 g/mol. The third kappa shape index (κ3) is 4.07. The van der Waals surface area contributed by atoms with Gasteiger partial charge in [0.15, 0.2) is 0 Å².